The van der Waals surface area contributed by atoms with E-state index in [1.54, 1.807) is 13.2 Å². The number of hydrogen-bond donors (Lipinski definition) is 1. The van der Waals surface area contributed by atoms with Crippen LogP contribution in [0, 0.1) is 0 Å². The SMILES string of the molecule is COc1cc(NC(=O)c2sc(-c3ccc(Cl)cc3)cc2N=C2CCCCN2C)ccc1OCCN1CCCC1. The number of carbonyl (C=O) groups is 1. The first kappa shape index (κ1) is 27.5. The Morgan fingerprint density at radius 1 is 1.03 bits per heavy atom. The number of anilines is 1. The molecule has 2 saturated heterocycles. The number of hydrogen-bond acceptors (Lipinski definition) is 6. The number of nitrogens with one attached hydrogen (secondary N) is 1. The fourth-order valence-corrected chi connectivity index (χ4v) is 6.08. The van der Waals surface area contributed by atoms with Gasteiger partial charge in [0.1, 0.15) is 17.3 Å². The van der Waals surface area contributed by atoms with Gasteiger partial charge in [0, 0.05) is 48.2 Å². The molecule has 3 heterocycles. The van der Waals surface area contributed by atoms with Crippen LogP contribution in [0.1, 0.15) is 41.8 Å². The van der Waals surface area contributed by atoms with Gasteiger partial charge in [0.05, 0.1) is 12.8 Å². The highest BCUT2D eigenvalue weighted by molar-refractivity contribution is 7.18. The van der Waals surface area contributed by atoms with Crippen LogP contribution in [-0.2, 0) is 0 Å². The Morgan fingerprint density at radius 2 is 1.79 bits per heavy atom. The summed E-state index contributed by atoms with van der Waals surface area (Å²) >= 11 is 7.54. The summed E-state index contributed by atoms with van der Waals surface area (Å²) in [7, 11) is 3.67. The van der Waals surface area contributed by atoms with Crippen molar-refractivity contribution in [1.82, 2.24) is 9.80 Å². The summed E-state index contributed by atoms with van der Waals surface area (Å²) in [4.78, 5) is 24.7. The smallest absolute Gasteiger partial charge is 0.267 e. The zero-order valence-corrected chi connectivity index (χ0v) is 24.1. The summed E-state index contributed by atoms with van der Waals surface area (Å²) in [5.74, 6) is 2.06. The molecule has 0 spiro atoms. The number of halogens is 1. The van der Waals surface area contributed by atoms with Gasteiger partial charge in [-0.3, -0.25) is 9.69 Å². The van der Waals surface area contributed by atoms with Gasteiger partial charge in [-0.05, 0) is 74.7 Å². The van der Waals surface area contributed by atoms with E-state index in [1.807, 2.05) is 42.5 Å². The van der Waals surface area contributed by atoms with E-state index in [2.05, 4.69) is 22.2 Å². The highest BCUT2D eigenvalue weighted by Gasteiger charge is 2.21. The lowest BCUT2D eigenvalue weighted by atomic mass is 10.1. The molecule has 2 aromatic carbocycles. The summed E-state index contributed by atoms with van der Waals surface area (Å²) in [5, 5.41) is 3.72. The maximum Gasteiger partial charge on any atom is 0.267 e. The fraction of sp³-hybridized carbons (Fsp3) is 0.400. The molecule has 0 saturated carbocycles. The summed E-state index contributed by atoms with van der Waals surface area (Å²) < 4.78 is 11.6. The van der Waals surface area contributed by atoms with E-state index >= 15 is 0 Å². The first-order valence-corrected chi connectivity index (χ1v) is 14.7. The number of carbonyl (C=O) groups excluding carboxylic acids is 1. The molecule has 39 heavy (non-hydrogen) atoms. The van der Waals surface area contributed by atoms with Crippen LogP contribution in [0.25, 0.3) is 10.4 Å². The van der Waals surface area contributed by atoms with E-state index in [1.165, 1.54) is 24.2 Å². The molecule has 7 nitrogen and oxygen atoms in total. The first-order valence-electron chi connectivity index (χ1n) is 13.5. The maximum absolute atomic E-state index is 13.6. The highest BCUT2D eigenvalue weighted by Crippen LogP contribution is 2.38. The van der Waals surface area contributed by atoms with Crippen molar-refractivity contribution in [1.29, 1.82) is 0 Å². The molecule has 2 fully saturated rings. The van der Waals surface area contributed by atoms with Crippen molar-refractivity contribution in [3.8, 4) is 21.9 Å². The van der Waals surface area contributed by atoms with Crippen LogP contribution >= 0.6 is 22.9 Å². The summed E-state index contributed by atoms with van der Waals surface area (Å²) in [6, 6.07) is 15.1. The van der Waals surface area contributed by atoms with E-state index < -0.39 is 0 Å². The molecule has 0 bridgehead atoms. The van der Waals surface area contributed by atoms with E-state index in [0.29, 0.717) is 39.4 Å². The Morgan fingerprint density at radius 3 is 2.54 bits per heavy atom. The van der Waals surface area contributed by atoms with Crippen LogP contribution in [0.5, 0.6) is 11.5 Å². The van der Waals surface area contributed by atoms with Crippen LogP contribution in [0.15, 0.2) is 53.5 Å². The average Bonchev–Trinajstić information content (AvgIpc) is 3.61. The molecule has 0 atom stereocenters. The van der Waals surface area contributed by atoms with Gasteiger partial charge in [0.25, 0.3) is 5.91 Å². The van der Waals surface area contributed by atoms with E-state index in [4.69, 9.17) is 26.1 Å². The number of thiophene rings is 1. The van der Waals surface area contributed by atoms with Gasteiger partial charge in [-0.15, -0.1) is 11.3 Å². The Balaban J connectivity index is 1.36. The minimum absolute atomic E-state index is 0.206. The third kappa shape index (κ3) is 6.93. The number of likely N-dealkylation sites (tertiary alicyclic amines) is 2. The molecule has 0 aliphatic carbocycles. The van der Waals surface area contributed by atoms with Gasteiger partial charge in [0.15, 0.2) is 11.5 Å². The average molecular weight is 567 g/mol. The van der Waals surface area contributed by atoms with Crippen LogP contribution < -0.4 is 14.8 Å². The van der Waals surface area contributed by atoms with Crippen molar-refractivity contribution >= 4 is 46.1 Å². The van der Waals surface area contributed by atoms with Crippen molar-refractivity contribution in [3.63, 3.8) is 0 Å². The third-order valence-electron chi connectivity index (χ3n) is 7.17. The van der Waals surface area contributed by atoms with E-state index in [9.17, 15) is 4.79 Å². The number of ether oxygens (including phenoxy) is 2. The van der Waals surface area contributed by atoms with Gasteiger partial charge in [-0.1, -0.05) is 23.7 Å². The van der Waals surface area contributed by atoms with Gasteiger partial charge >= 0.3 is 0 Å². The van der Waals surface area contributed by atoms with Crippen molar-refractivity contribution in [2.75, 3.05) is 52.3 Å². The number of aliphatic imine (C=N–C) groups is 1. The lowest BCUT2D eigenvalue weighted by molar-refractivity contribution is 0.103. The molecule has 0 radical (unpaired) electrons. The van der Waals surface area contributed by atoms with Crippen LogP contribution in [0.4, 0.5) is 11.4 Å². The van der Waals surface area contributed by atoms with Gasteiger partial charge < -0.3 is 19.7 Å². The van der Waals surface area contributed by atoms with Gasteiger partial charge in [-0.25, -0.2) is 4.99 Å². The molecule has 1 N–H and O–H groups in total. The number of amidine groups is 1. The predicted molar refractivity (Wildman–Crippen MR) is 160 cm³/mol. The largest absolute Gasteiger partial charge is 0.493 e. The Hall–Kier alpha value is -3.07. The first-order chi connectivity index (χ1) is 19.0. The quantitative estimate of drug-likeness (QED) is 0.303. The minimum Gasteiger partial charge on any atom is -0.493 e. The van der Waals surface area contributed by atoms with Crippen molar-refractivity contribution < 1.29 is 14.3 Å². The second kappa shape index (κ2) is 12.9. The molecule has 1 aromatic heterocycles. The molecule has 2 aliphatic heterocycles. The fourth-order valence-electron chi connectivity index (χ4n) is 4.96. The van der Waals surface area contributed by atoms with Gasteiger partial charge in [0.2, 0.25) is 0 Å². The Labute approximate surface area is 239 Å². The maximum atomic E-state index is 13.6. The number of rotatable bonds is 9. The lowest BCUT2D eigenvalue weighted by Crippen LogP contribution is -2.31. The molecule has 1 amide bonds. The Kier molecular flexibility index (Phi) is 9.06. The number of methoxy groups -OCH3 is 1. The van der Waals surface area contributed by atoms with Crippen LogP contribution in [0.3, 0.4) is 0 Å². The number of nitrogens with zero attached hydrogens (tertiary/aromatic N) is 3. The topological polar surface area (TPSA) is 66.4 Å². The zero-order chi connectivity index (χ0) is 27.2. The molecular weight excluding hydrogens is 532 g/mol. The molecule has 5 rings (SSSR count). The van der Waals surface area contributed by atoms with E-state index in [0.717, 1.165) is 61.7 Å². The van der Waals surface area contributed by atoms with Gasteiger partial charge in [-0.2, -0.15) is 0 Å². The monoisotopic (exact) mass is 566 g/mol. The predicted octanol–water partition coefficient (Wildman–Crippen LogP) is 6.95. The molecule has 0 unspecified atom stereocenters. The third-order valence-corrected chi connectivity index (χ3v) is 8.59. The minimum atomic E-state index is -0.206. The van der Waals surface area contributed by atoms with Crippen molar-refractivity contribution in [2.45, 2.75) is 32.1 Å². The highest BCUT2D eigenvalue weighted by atomic mass is 35.5. The second-order valence-corrected chi connectivity index (χ2v) is 11.4. The second-order valence-electron chi connectivity index (χ2n) is 9.96. The zero-order valence-electron chi connectivity index (χ0n) is 22.5. The van der Waals surface area contributed by atoms with Crippen molar-refractivity contribution in [2.24, 2.45) is 4.99 Å². The van der Waals surface area contributed by atoms with Crippen LogP contribution in [-0.4, -0.2) is 68.5 Å². The van der Waals surface area contributed by atoms with Crippen LogP contribution in [0.2, 0.25) is 5.02 Å². The molecule has 3 aromatic rings. The molecule has 206 valence electrons. The number of piperidine rings is 1. The number of benzene rings is 2. The molecular formula is C30H35ClN4O3S. The summed E-state index contributed by atoms with van der Waals surface area (Å²) in [5.41, 5.74) is 2.32. The normalized spacial score (nSPS) is 17.0. The lowest BCUT2D eigenvalue weighted by Gasteiger charge is -2.25. The van der Waals surface area contributed by atoms with Crippen molar-refractivity contribution in [3.05, 3.63) is 58.4 Å². The number of amides is 1. The molecule has 2 aliphatic rings. The Bertz CT molecular complexity index is 1320. The summed E-state index contributed by atoms with van der Waals surface area (Å²) in [6.45, 7) is 4.75. The van der Waals surface area contributed by atoms with E-state index in [-0.39, 0.29) is 5.91 Å². The molecule has 9 heteroatoms. The summed E-state index contributed by atoms with van der Waals surface area (Å²) in [6.07, 6.45) is 5.68. The standard InChI is InChI=1S/C30H35ClN4O3S/c1-34-14-4-3-7-28(34)33-24-20-27(21-8-10-22(31)11-9-21)39-29(24)30(36)32-23-12-13-25(26(19-23)37-2)38-18-17-35-15-5-6-16-35/h8-13,19-20H,3-7,14-18H2,1-2H3,(H,32,36).